The second-order valence-corrected chi connectivity index (χ2v) is 8.25. The summed E-state index contributed by atoms with van der Waals surface area (Å²) in [4.78, 5) is 15.1. The molecule has 168 valence electrons. The molecular weight excluding hydrogens is 410 g/mol. The maximum Gasteiger partial charge on any atom is 0.227 e. The monoisotopic (exact) mass is 439 g/mol. The van der Waals surface area contributed by atoms with Gasteiger partial charge in [0, 0.05) is 25.1 Å². The minimum absolute atomic E-state index is 0.115. The Bertz CT molecular complexity index is 1190. The highest BCUT2D eigenvalue weighted by molar-refractivity contribution is 5.93. The van der Waals surface area contributed by atoms with Crippen molar-refractivity contribution in [2.45, 2.75) is 39.5 Å². The standard InChI is InChI=1S/C27H29N5O/c1-21-16-17-23(20-22(21)2)18-19-31(24-10-5-3-6-11-24)27(33)15-9-14-26-28-29-30-32(26)25-12-7-4-8-13-25/h3-8,10-13,16-17,20H,9,14-15,18-19H2,1-2H3. The third kappa shape index (κ3) is 5.71. The number of anilines is 1. The summed E-state index contributed by atoms with van der Waals surface area (Å²) in [5.74, 6) is 0.874. The van der Waals surface area contributed by atoms with Crippen molar-refractivity contribution >= 4 is 11.6 Å². The molecule has 0 saturated heterocycles. The number of aromatic nitrogens is 4. The molecule has 1 aromatic heterocycles. The van der Waals surface area contributed by atoms with Crippen molar-refractivity contribution in [3.8, 4) is 5.69 Å². The quantitative estimate of drug-likeness (QED) is 0.373. The van der Waals surface area contributed by atoms with Gasteiger partial charge in [-0.25, -0.2) is 0 Å². The number of tetrazole rings is 1. The van der Waals surface area contributed by atoms with Gasteiger partial charge in [-0.05, 0) is 78.1 Å². The molecule has 1 heterocycles. The summed E-state index contributed by atoms with van der Waals surface area (Å²) in [6, 6.07) is 26.2. The first kappa shape index (κ1) is 22.4. The van der Waals surface area contributed by atoms with E-state index in [0.29, 0.717) is 25.8 Å². The van der Waals surface area contributed by atoms with Crippen molar-refractivity contribution in [3.63, 3.8) is 0 Å². The van der Waals surface area contributed by atoms with Crippen LogP contribution in [0.5, 0.6) is 0 Å². The zero-order valence-electron chi connectivity index (χ0n) is 19.2. The van der Waals surface area contributed by atoms with Crippen molar-refractivity contribution in [2.24, 2.45) is 0 Å². The SMILES string of the molecule is Cc1ccc(CCN(C(=O)CCCc2nnnn2-c2ccccc2)c2ccccc2)cc1C. The molecule has 0 aliphatic rings. The van der Waals surface area contributed by atoms with Gasteiger partial charge in [0.2, 0.25) is 5.91 Å². The molecule has 4 aromatic rings. The number of rotatable bonds is 9. The first-order valence-electron chi connectivity index (χ1n) is 11.4. The summed E-state index contributed by atoms with van der Waals surface area (Å²) in [5.41, 5.74) is 5.66. The smallest absolute Gasteiger partial charge is 0.227 e. The van der Waals surface area contributed by atoms with E-state index < -0.39 is 0 Å². The largest absolute Gasteiger partial charge is 0.312 e. The van der Waals surface area contributed by atoms with E-state index >= 15 is 0 Å². The van der Waals surface area contributed by atoms with Crippen molar-refractivity contribution in [1.29, 1.82) is 0 Å². The Morgan fingerprint density at radius 3 is 2.33 bits per heavy atom. The van der Waals surface area contributed by atoms with E-state index in [0.717, 1.165) is 23.6 Å². The van der Waals surface area contributed by atoms with Gasteiger partial charge in [0.25, 0.3) is 0 Å². The maximum absolute atomic E-state index is 13.2. The summed E-state index contributed by atoms with van der Waals surface area (Å²) in [5, 5.41) is 12.1. The van der Waals surface area contributed by atoms with Gasteiger partial charge >= 0.3 is 0 Å². The van der Waals surface area contributed by atoms with Crippen LogP contribution in [0.15, 0.2) is 78.9 Å². The molecule has 0 N–H and O–H groups in total. The van der Waals surface area contributed by atoms with Gasteiger partial charge in [0.15, 0.2) is 5.82 Å². The number of carbonyl (C=O) groups is 1. The number of para-hydroxylation sites is 2. The predicted octanol–water partition coefficient (Wildman–Crippen LogP) is 4.88. The van der Waals surface area contributed by atoms with Crippen molar-refractivity contribution in [2.75, 3.05) is 11.4 Å². The summed E-state index contributed by atoms with van der Waals surface area (Å²) in [6.45, 7) is 4.89. The number of nitrogens with zero attached hydrogens (tertiary/aromatic N) is 5. The van der Waals surface area contributed by atoms with Gasteiger partial charge in [0.1, 0.15) is 0 Å². The average molecular weight is 440 g/mol. The van der Waals surface area contributed by atoms with Crippen LogP contribution >= 0.6 is 0 Å². The van der Waals surface area contributed by atoms with Crippen LogP contribution in [0.3, 0.4) is 0 Å². The van der Waals surface area contributed by atoms with Gasteiger partial charge in [-0.15, -0.1) is 5.10 Å². The topological polar surface area (TPSA) is 63.9 Å². The lowest BCUT2D eigenvalue weighted by atomic mass is 10.0. The van der Waals surface area contributed by atoms with Gasteiger partial charge in [-0.2, -0.15) is 4.68 Å². The second-order valence-electron chi connectivity index (χ2n) is 8.25. The van der Waals surface area contributed by atoms with Crippen molar-refractivity contribution < 1.29 is 4.79 Å². The van der Waals surface area contributed by atoms with Crippen LogP contribution in [0.1, 0.15) is 35.4 Å². The Morgan fingerprint density at radius 2 is 1.61 bits per heavy atom. The molecule has 0 atom stereocenters. The summed E-state index contributed by atoms with van der Waals surface area (Å²) in [6.07, 6.45) is 2.56. The zero-order valence-corrected chi connectivity index (χ0v) is 19.2. The first-order valence-corrected chi connectivity index (χ1v) is 11.4. The molecule has 0 unspecified atom stereocenters. The van der Waals surface area contributed by atoms with Crippen LogP contribution < -0.4 is 4.90 Å². The van der Waals surface area contributed by atoms with Crippen molar-refractivity contribution in [3.05, 3.63) is 101 Å². The van der Waals surface area contributed by atoms with E-state index in [2.05, 4.69) is 47.6 Å². The summed E-state index contributed by atoms with van der Waals surface area (Å²) in [7, 11) is 0. The average Bonchev–Trinajstić information content (AvgIpc) is 3.31. The van der Waals surface area contributed by atoms with E-state index in [4.69, 9.17) is 0 Å². The number of benzene rings is 3. The number of amides is 1. The van der Waals surface area contributed by atoms with Crippen LogP contribution in [-0.4, -0.2) is 32.7 Å². The van der Waals surface area contributed by atoms with Gasteiger partial charge in [0.05, 0.1) is 5.69 Å². The molecule has 0 aliphatic carbocycles. The van der Waals surface area contributed by atoms with Crippen LogP contribution in [0.25, 0.3) is 5.69 Å². The molecule has 6 nitrogen and oxygen atoms in total. The first-order chi connectivity index (χ1) is 16.1. The Kier molecular flexibility index (Phi) is 7.25. The molecule has 0 radical (unpaired) electrons. The van der Waals surface area contributed by atoms with Crippen LogP contribution in [0.4, 0.5) is 5.69 Å². The lowest BCUT2D eigenvalue weighted by Gasteiger charge is -2.23. The lowest BCUT2D eigenvalue weighted by molar-refractivity contribution is -0.118. The Balaban J connectivity index is 1.41. The van der Waals surface area contributed by atoms with E-state index in [1.807, 2.05) is 65.6 Å². The summed E-state index contributed by atoms with van der Waals surface area (Å²) >= 11 is 0. The number of carbonyl (C=O) groups excluding carboxylic acids is 1. The fraction of sp³-hybridized carbons (Fsp3) is 0.259. The van der Waals surface area contributed by atoms with Gasteiger partial charge in [-0.1, -0.05) is 54.6 Å². The fourth-order valence-electron chi connectivity index (χ4n) is 3.87. The predicted molar refractivity (Wildman–Crippen MR) is 131 cm³/mol. The molecule has 6 heteroatoms. The third-order valence-electron chi connectivity index (χ3n) is 5.89. The van der Waals surface area contributed by atoms with Crippen LogP contribution in [-0.2, 0) is 17.6 Å². The molecule has 3 aromatic carbocycles. The Hall–Kier alpha value is -3.80. The van der Waals surface area contributed by atoms with Crippen LogP contribution in [0.2, 0.25) is 0 Å². The fourth-order valence-corrected chi connectivity index (χ4v) is 3.87. The highest BCUT2D eigenvalue weighted by Crippen LogP contribution is 2.18. The Morgan fingerprint density at radius 1 is 0.879 bits per heavy atom. The number of aryl methyl sites for hydroxylation is 3. The molecule has 0 bridgehead atoms. The van der Waals surface area contributed by atoms with E-state index in [1.54, 1.807) is 4.68 Å². The molecule has 0 spiro atoms. The highest BCUT2D eigenvalue weighted by atomic mass is 16.2. The van der Waals surface area contributed by atoms with Gasteiger partial charge in [-0.3, -0.25) is 4.79 Å². The molecule has 0 aliphatic heterocycles. The van der Waals surface area contributed by atoms with E-state index in [9.17, 15) is 4.79 Å². The molecule has 33 heavy (non-hydrogen) atoms. The third-order valence-corrected chi connectivity index (χ3v) is 5.89. The van der Waals surface area contributed by atoms with E-state index in [-0.39, 0.29) is 5.91 Å². The molecule has 1 amide bonds. The molecule has 4 rings (SSSR count). The lowest BCUT2D eigenvalue weighted by Crippen LogP contribution is -2.32. The van der Waals surface area contributed by atoms with Crippen LogP contribution in [0, 0.1) is 13.8 Å². The zero-order chi connectivity index (χ0) is 23.0. The van der Waals surface area contributed by atoms with Crippen molar-refractivity contribution in [1.82, 2.24) is 20.2 Å². The molecular formula is C27H29N5O. The number of hydrogen-bond donors (Lipinski definition) is 0. The maximum atomic E-state index is 13.2. The molecule has 0 saturated carbocycles. The Labute approximate surface area is 194 Å². The molecule has 0 fully saturated rings. The summed E-state index contributed by atoms with van der Waals surface area (Å²) < 4.78 is 1.74. The minimum atomic E-state index is 0.115. The highest BCUT2D eigenvalue weighted by Gasteiger charge is 2.17. The van der Waals surface area contributed by atoms with Gasteiger partial charge < -0.3 is 4.90 Å². The normalized spacial score (nSPS) is 10.8. The second kappa shape index (κ2) is 10.7. The number of hydrogen-bond acceptors (Lipinski definition) is 4. The van der Waals surface area contributed by atoms with E-state index in [1.165, 1.54) is 16.7 Å². The minimum Gasteiger partial charge on any atom is -0.312 e.